The first-order valence-electron chi connectivity index (χ1n) is 12.3. The third kappa shape index (κ3) is 5.30. The normalized spacial score (nSPS) is 14.9. The van der Waals surface area contributed by atoms with E-state index in [-0.39, 0.29) is 40.7 Å². The number of aromatic nitrogens is 4. The fourth-order valence-corrected chi connectivity index (χ4v) is 4.66. The molecule has 0 unspecified atom stereocenters. The summed E-state index contributed by atoms with van der Waals surface area (Å²) < 4.78 is 40.6. The number of likely N-dealkylation sites (N-methyl/N-ethyl adjacent to an activating group) is 1. The van der Waals surface area contributed by atoms with Gasteiger partial charge in [-0.25, -0.2) is 4.98 Å². The molecule has 4 aromatic rings. The first kappa shape index (κ1) is 26.2. The third-order valence-electron chi connectivity index (χ3n) is 6.74. The van der Waals surface area contributed by atoms with Gasteiger partial charge in [0.1, 0.15) is 11.4 Å². The summed E-state index contributed by atoms with van der Waals surface area (Å²) in [5.41, 5.74) is 7.65. The zero-order valence-corrected chi connectivity index (χ0v) is 21.4. The van der Waals surface area contributed by atoms with E-state index >= 15 is 0 Å². The van der Waals surface area contributed by atoms with E-state index in [4.69, 9.17) is 5.73 Å². The highest BCUT2D eigenvalue weighted by molar-refractivity contribution is 5.95. The quantitative estimate of drug-likeness (QED) is 0.277. The van der Waals surface area contributed by atoms with Crippen LogP contribution in [0.2, 0.25) is 0 Å². The summed E-state index contributed by atoms with van der Waals surface area (Å²) in [5.74, 6) is 0.230. The number of hydrogen-bond donors (Lipinski definition) is 4. The molecule has 3 aromatic heterocycles. The summed E-state index contributed by atoms with van der Waals surface area (Å²) >= 11 is 0. The van der Waals surface area contributed by atoms with Gasteiger partial charge in [0.25, 0.3) is 5.56 Å². The Morgan fingerprint density at radius 2 is 1.95 bits per heavy atom. The second-order valence-corrected chi connectivity index (χ2v) is 9.34. The fourth-order valence-electron chi connectivity index (χ4n) is 4.66. The molecule has 0 spiro atoms. The number of imidazole rings is 1. The maximum absolute atomic E-state index is 13.5. The number of alkyl halides is 3. The first-order chi connectivity index (χ1) is 18.7. The van der Waals surface area contributed by atoms with Crippen LogP contribution in [0.25, 0.3) is 22.4 Å². The lowest BCUT2D eigenvalue weighted by atomic mass is 10.1. The topological polar surface area (TPSA) is 131 Å². The number of fused-ring (bicyclic) bond motifs is 1. The van der Waals surface area contributed by atoms with Gasteiger partial charge in [0, 0.05) is 51.3 Å². The van der Waals surface area contributed by atoms with Crippen molar-refractivity contribution in [2.24, 2.45) is 4.99 Å². The van der Waals surface area contributed by atoms with Crippen molar-refractivity contribution < 1.29 is 13.2 Å². The number of aliphatic imine (C=N–C) groups is 1. The lowest BCUT2D eigenvalue weighted by Gasteiger charge is -2.34. The molecule has 5 rings (SSSR count). The van der Waals surface area contributed by atoms with Crippen molar-refractivity contribution in [1.29, 1.82) is 0 Å². The summed E-state index contributed by atoms with van der Waals surface area (Å²) in [7, 11) is 3.60. The second kappa shape index (κ2) is 10.4. The molecule has 39 heavy (non-hydrogen) atoms. The molecule has 10 nitrogen and oxygen atoms in total. The third-order valence-corrected chi connectivity index (χ3v) is 6.74. The van der Waals surface area contributed by atoms with E-state index in [2.05, 4.69) is 47.1 Å². The second-order valence-electron chi connectivity index (χ2n) is 9.34. The number of nitrogens with two attached hydrogens (primary N) is 1. The van der Waals surface area contributed by atoms with Crippen LogP contribution in [0, 0.1) is 0 Å². The minimum absolute atomic E-state index is 0.0718. The number of nitrogen functional groups attached to an aromatic ring is 1. The Hall–Kier alpha value is -4.39. The van der Waals surface area contributed by atoms with Gasteiger partial charge < -0.3 is 30.8 Å². The molecule has 0 atom stereocenters. The van der Waals surface area contributed by atoms with Crippen LogP contribution in [0.5, 0.6) is 0 Å². The largest absolute Gasteiger partial charge is 0.418 e. The van der Waals surface area contributed by atoms with E-state index < -0.39 is 17.3 Å². The number of hydrogen-bond acceptors (Lipinski definition) is 8. The number of nitrogens with one attached hydrogen (secondary N) is 3. The number of aromatic amines is 2. The van der Waals surface area contributed by atoms with Gasteiger partial charge in [-0.05, 0) is 37.4 Å². The molecule has 204 valence electrons. The van der Waals surface area contributed by atoms with Gasteiger partial charge in [0.15, 0.2) is 0 Å². The molecule has 1 aliphatic heterocycles. The Balaban J connectivity index is 1.56. The lowest BCUT2D eigenvalue weighted by Crippen LogP contribution is -2.44. The lowest BCUT2D eigenvalue weighted by molar-refractivity contribution is -0.138. The van der Waals surface area contributed by atoms with Gasteiger partial charge in [-0.1, -0.05) is 0 Å². The molecule has 4 heterocycles. The number of pyridine rings is 2. The number of anilines is 3. The smallest absolute Gasteiger partial charge is 0.395 e. The van der Waals surface area contributed by atoms with Crippen molar-refractivity contribution in [3.63, 3.8) is 0 Å². The molecule has 1 aromatic carbocycles. The summed E-state index contributed by atoms with van der Waals surface area (Å²) in [4.78, 5) is 36.1. The zero-order valence-electron chi connectivity index (χ0n) is 21.4. The van der Waals surface area contributed by atoms with E-state index in [9.17, 15) is 18.0 Å². The van der Waals surface area contributed by atoms with Gasteiger partial charge in [0.05, 0.1) is 45.9 Å². The summed E-state index contributed by atoms with van der Waals surface area (Å²) in [6.45, 7) is 3.36. The van der Waals surface area contributed by atoms with E-state index in [0.717, 1.165) is 37.9 Å². The Morgan fingerprint density at radius 3 is 2.67 bits per heavy atom. The highest BCUT2D eigenvalue weighted by Gasteiger charge is 2.34. The highest BCUT2D eigenvalue weighted by Crippen LogP contribution is 2.34. The average Bonchev–Trinajstić information content (AvgIpc) is 3.32. The van der Waals surface area contributed by atoms with Crippen LogP contribution >= 0.6 is 0 Å². The van der Waals surface area contributed by atoms with E-state index in [1.165, 1.54) is 25.5 Å². The molecule has 0 aliphatic carbocycles. The van der Waals surface area contributed by atoms with Gasteiger partial charge in [0.2, 0.25) is 0 Å². The molecular weight excluding hydrogens is 511 g/mol. The van der Waals surface area contributed by atoms with Crippen LogP contribution in [0.1, 0.15) is 17.0 Å². The number of rotatable bonds is 6. The molecule has 0 radical (unpaired) electrons. The molecule has 1 fully saturated rings. The monoisotopic (exact) mass is 539 g/mol. The molecular formula is C26H28F3N9O. The Morgan fingerprint density at radius 1 is 1.18 bits per heavy atom. The molecule has 1 aliphatic rings. The van der Waals surface area contributed by atoms with Gasteiger partial charge in [-0.3, -0.25) is 14.8 Å². The number of benzene rings is 1. The predicted molar refractivity (Wildman–Crippen MR) is 146 cm³/mol. The van der Waals surface area contributed by atoms with Crippen LogP contribution in [0.4, 0.5) is 30.2 Å². The molecule has 0 bridgehead atoms. The molecule has 0 amide bonds. The van der Waals surface area contributed by atoms with Crippen LogP contribution in [-0.4, -0.2) is 71.3 Å². The van der Waals surface area contributed by atoms with Gasteiger partial charge in [-0.2, -0.15) is 13.2 Å². The van der Waals surface area contributed by atoms with Crippen LogP contribution in [0.3, 0.4) is 0 Å². The summed E-state index contributed by atoms with van der Waals surface area (Å²) in [6, 6.07) is 8.01. The molecule has 5 N–H and O–H groups in total. The highest BCUT2D eigenvalue weighted by atomic mass is 19.4. The van der Waals surface area contributed by atoms with Crippen molar-refractivity contribution in [3.8, 4) is 11.4 Å². The van der Waals surface area contributed by atoms with Gasteiger partial charge >= 0.3 is 6.18 Å². The Bertz CT molecular complexity index is 1580. The van der Waals surface area contributed by atoms with Crippen LogP contribution < -0.4 is 21.5 Å². The van der Waals surface area contributed by atoms with Crippen LogP contribution in [0.15, 0.2) is 46.3 Å². The molecule has 13 heteroatoms. The zero-order chi connectivity index (χ0) is 27.7. The van der Waals surface area contributed by atoms with Crippen molar-refractivity contribution >= 4 is 34.3 Å². The SMILES string of the molecule is CN=Cc1[nH]c(=O)c(-c2nc3ccc(N4CCN(C)CC4)cc3[nH]2)c(NCc2ncccc2C(F)(F)F)c1N. The number of piperazine rings is 1. The summed E-state index contributed by atoms with van der Waals surface area (Å²) in [5, 5.41) is 2.92. The Labute approximate surface area is 221 Å². The van der Waals surface area contributed by atoms with E-state index in [0.29, 0.717) is 11.0 Å². The van der Waals surface area contributed by atoms with E-state index in [1.54, 1.807) is 0 Å². The minimum Gasteiger partial charge on any atom is -0.395 e. The Kier molecular flexibility index (Phi) is 7.00. The van der Waals surface area contributed by atoms with Crippen molar-refractivity contribution in [3.05, 3.63) is 63.8 Å². The van der Waals surface area contributed by atoms with Crippen molar-refractivity contribution in [1.82, 2.24) is 24.8 Å². The summed E-state index contributed by atoms with van der Waals surface area (Å²) in [6.07, 6.45) is -1.94. The van der Waals surface area contributed by atoms with Crippen molar-refractivity contribution in [2.45, 2.75) is 12.7 Å². The number of H-pyrrole nitrogens is 2. The van der Waals surface area contributed by atoms with Gasteiger partial charge in [-0.15, -0.1) is 0 Å². The maximum atomic E-state index is 13.5. The maximum Gasteiger partial charge on any atom is 0.418 e. The minimum atomic E-state index is -4.59. The molecule has 0 saturated carbocycles. The first-order valence-corrected chi connectivity index (χ1v) is 12.3. The standard InChI is InChI=1S/C26H28F3N9O/c1-31-13-20-22(30)23(33-14-19-16(26(27,28)29)4-3-7-32-19)21(25(39)36-20)24-34-17-6-5-15(12-18(17)35-24)38-10-8-37(2)9-11-38/h3-7,12-13H,8-11,14,30H2,1-2H3,(H,34,35)(H2,33,36,39). The fraction of sp³-hybridized carbons (Fsp3) is 0.308. The van der Waals surface area contributed by atoms with Crippen LogP contribution in [-0.2, 0) is 12.7 Å². The molecule has 1 saturated heterocycles. The van der Waals surface area contributed by atoms with E-state index in [1.807, 2.05) is 18.2 Å². The number of nitrogens with zero attached hydrogens (tertiary/aromatic N) is 5. The predicted octanol–water partition coefficient (Wildman–Crippen LogP) is 3.33. The van der Waals surface area contributed by atoms with Crippen molar-refractivity contribution in [2.75, 3.05) is 56.2 Å². The number of halogens is 3. The average molecular weight is 540 g/mol.